The largest absolute Gasteiger partial charge is 0.436 e. The molecule has 0 saturated heterocycles. The van der Waals surface area contributed by atoms with Crippen molar-refractivity contribution in [1.82, 2.24) is 4.98 Å². The number of aliphatic imine (C=N–C) groups is 1. The monoisotopic (exact) mass is 332 g/mol. The maximum absolute atomic E-state index is 5.88. The fourth-order valence-electron chi connectivity index (χ4n) is 2.40. The van der Waals surface area contributed by atoms with Crippen LogP contribution in [0.25, 0.3) is 22.6 Å². The molecular formula is C20H13ClN2O. The van der Waals surface area contributed by atoms with Gasteiger partial charge in [0.2, 0.25) is 5.89 Å². The number of aromatic nitrogens is 1. The molecule has 0 amide bonds. The molecule has 4 aromatic rings. The summed E-state index contributed by atoms with van der Waals surface area (Å²) in [5.74, 6) is 0.615. The molecule has 0 saturated carbocycles. The fourth-order valence-corrected chi connectivity index (χ4v) is 2.52. The number of hydrogen-bond acceptors (Lipinski definition) is 3. The van der Waals surface area contributed by atoms with E-state index in [2.05, 4.69) is 9.98 Å². The van der Waals surface area contributed by atoms with Crippen molar-refractivity contribution < 1.29 is 4.42 Å². The summed E-state index contributed by atoms with van der Waals surface area (Å²) < 4.78 is 5.86. The molecule has 1 heterocycles. The lowest BCUT2D eigenvalue weighted by Gasteiger charge is -1.95. The van der Waals surface area contributed by atoms with Crippen LogP contribution in [0.2, 0.25) is 5.02 Å². The van der Waals surface area contributed by atoms with Gasteiger partial charge in [0.15, 0.2) is 5.58 Å². The number of nitrogens with zero attached hydrogens (tertiary/aromatic N) is 2. The number of rotatable bonds is 3. The van der Waals surface area contributed by atoms with Gasteiger partial charge in [0.1, 0.15) is 5.52 Å². The van der Waals surface area contributed by atoms with Gasteiger partial charge in [-0.25, -0.2) is 4.98 Å². The van der Waals surface area contributed by atoms with Gasteiger partial charge in [-0.2, -0.15) is 0 Å². The van der Waals surface area contributed by atoms with E-state index in [1.54, 1.807) is 6.21 Å². The SMILES string of the molecule is Clc1ccc(C=Nc2ccc3nc(-c4ccccc4)oc3c2)cc1. The van der Waals surface area contributed by atoms with Crippen LogP contribution in [0.5, 0.6) is 0 Å². The Bertz CT molecular complexity index is 1000. The minimum absolute atomic E-state index is 0.615. The molecule has 0 aliphatic heterocycles. The molecule has 116 valence electrons. The smallest absolute Gasteiger partial charge is 0.227 e. The van der Waals surface area contributed by atoms with Crippen LogP contribution in [0.3, 0.4) is 0 Å². The molecule has 0 spiro atoms. The second-order valence-electron chi connectivity index (χ2n) is 5.35. The van der Waals surface area contributed by atoms with E-state index in [0.29, 0.717) is 10.9 Å². The second kappa shape index (κ2) is 6.30. The van der Waals surface area contributed by atoms with Gasteiger partial charge in [0.05, 0.1) is 5.69 Å². The van der Waals surface area contributed by atoms with Crippen molar-refractivity contribution in [3.63, 3.8) is 0 Å². The van der Waals surface area contributed by atoms with Gasteiger partial charge >= 0.3 is 0 Å². The van der Waals surface area contributed by atoms with E-state index in [1.165, 1.54) is 0 Å². The summed E-state index contributed by atoms with van der Waals surface area (Å²) in [6, 6.07) is 23.1. The van der Waals surface area contributed by atoms with Gasteiger partial charge in [-0.3, -0.25) is 4.99 Å². The molecule has 4 heteroatoms. The van der Waals surface area contributed by atoms with Crippen LogP contribution < -0.4 is 0 Å². The van der Waals surface area contributed by atoms with Crippen LogP contribution >= 0.6 is 11.6 Å². The summed E-state index contributed by atoms with van der Waals surface area (Å²) in [4.78, 5) is 9.00. The van der Waals surface area contributed by atoms with E-state index in [1.807, 2.05) is 72.8 Å². The standard InChI is InChI=1S/C20H13ClN2O/c21-16-8-6-14(7-9-16)13-22-17-10-11-18-19(12-17)24-20(23-18)15-4-2-1-3-5-15/h1-13H. The van der Waals surface area contributed by atoms with Gasteiger partial charge < -0.3 is 4.42 Å². The van der Waals surface area contributed by atoms with E-state index < -0.39 is 0 Å². The Morgan fingerprint density at radius 3 is 2.50 bits per heavy atom. The van der Waals surface area contributed by atoms with Crippen LogP contribution in [0.4, 0.5) is 5.69 Å². The molecule has 3 nitrogen and oxygen atoms in total. The predicted molar refractivity (Wildman–Crippen MR) is 98.2 cm³/mol. The Morgan fingerprint density at radius 1 is 0.917 bits per heavy atom. The topological polar surface area (TPSA) is 38.4 Å². The zero-order chi connectivity index (χ0) is 16.4. The van der Waals surface area contributed by atoms with Crippen molar-refractivity contribution in [2.24, 2.45) is 4.99 Å². The third kappa shape index (κ3) is 3.07. The molecule has 0 atom stereocenters. The van der Waals surface area contributed by atoms with Crippen LogP contribution in [0.1, 0.15) is 5.56 Å². The first kappa shape index (κ1) is 14.7. The molecule has 0 N–H and O–H groups in total. The van der Waals surface area contributed by atoms with Crippen molar-refractivity contribution >= 4 is 34.6 Å². The molecule has 0 aliphatic carbocycles. The number of oxazole rings is 1. The van der Waals surface area contributed by atoms with E-state index in [4.69, 9.17) is 16.0 Å². The average Bonchev–Trinajstić information content (AvgIpc) is 3.05. The van der Waals surface area contributed by atoms with Crippen LogP contribution in [0, 0.1) is 0 Å². The maximum atomic E-state index is 5.88. The lowest BCUT2D eigenvalue weighted by molar-refractivity contribution is 0.620. The Balaban J connectivity index is 1.64. The minimum Gasteiger partial charge on any atom is -0.436 e. The highest BCUT2D eigenvalue weighted by Gasteiger charge is 2.08. The number of halogens is 1. The minimum atomic E-state index is 0.615. The number of benzene rings is 3. The summed E-state index contributed by atoms with van der Waals surface area (Å²) in [6.07, 6.45) is 1.80. The zero-order valence-electron chi connectivity index (χ0n) is 12.7. The lowest BCUT2D eigenvalue weighted by atomic mass is 10.2. The molecule has 24 heavy (non-hydrogen) atoms. The first-order valence-corrected chi connectivity index (χ1v) is 7.91. The summed E-state index contributed by atoms with van der Waals surface area (Å²) in [5.41, 5.74) is 4.30. The first-order valence-electron chi connectivity index (χ1n) is 7.54. The molecule has 0 unspecified atom stereocenters. The molecular weight excluding hydrogens is 320 g/mol. The Hall–Kier alpha value is -2.91. The van der Waals surface area contributed by atoms with Gasteiger partial charge in [-0.1, -0.05) is 41.9 Å². The van der Waals surface area contributed by atoms with Crippen molar-refractivity contribution in [1.29, 1.82) is 0 Å². The molecule has 0 aliphatic rings. The Kier molecular flexibility index (Phi) is 3.85. The molecule has 4 rings (SSSR count). The Morgan fingerprint density at radius 2 is 1.71 bits per heavy atom. The fraction of sp³-hybridized carbons (Fsp3) is 0. The summed E-state index contributed by atoms with van der Waals surface area (Å²) in [5, 5.41) is 0.712. The molecule has 1 aromatic heterocycles. The van der Waals surface area contributed by atoms with E-state index in [9.17, 15) is 0 Å². The van der Waals surface area contributed by atoms with E-state index in [-0.39, 0.29) is 0 Å². The molecule has 0 fully saturated rings. The quantitative estimate of drug-likeness (QED) is 0.438. The number of fused-ring (bicyclic) bond motifs is 1. The van der Waals surface area contributed by atoms with Crippen LogP contribution in [0.15, 0.2) is 82.2 Å². The van der Waals surface area contributed by atoms with Crippen molar-refractivity contribution in [2.45, 2.75) is 0 Å². The van der Waals surface area contributed by atoms with Crippen molar-refractivity contribution in [2.75, 3.05) is 0 Å². The van der Waals surface area contributed by atoms with Crippen molar-refractivity contribution in [3.8, 4) is 11.5 Å². The normalized spacial score (nSPS) is 11.4. The van der Waals surface area contributed by atoms with Gasteiger partial charge in [-0.15, -0.1) is 0 Å². The summed E-state index contributed by atoms with van der Waals surface area (Å²) in [6.45, 7) is 0. The van der Waals surface area contributed by atoms with Gasteiger partial charge in [-0.05, 0) is 42.0 Å². The third-order valence-corrected chi connectivity index (χ3v) is 3.88. The Labute approximate surface area is 144 Å². The van der Waals surface area contributed by atoms with Gasteiger partial charge in [0.25, 0.3) is 0 Å². The van der Waals surface area contributed by atoms with E-state index in [0.717, 1.165) is 27.9 Å². The number of hydrogen-bond donors (Lipinski definition) is 0. The third-order valence-electron chi connectivity index (χ3n) is 3.63. The highest BCUT2D eigenvalue weighted by Crippen LogP contribution is 2.27. The highest BCUT2D eigenvalue weighted by atomic mass is 35.5. The second-order valence-corrected chi connectivity index (χ2v) is 5.78. The predicted octanol–water partition coefficient (Wildman–Crippen LogP) is 5.90. The van der Waals surface area contributed by atoms with Crippen LogP contribution in [-0.4, -0.2) is 11.2 Å². The molecule has 0 radical (unpaired) electrons. The highest BCUT2D eigenvalue weighted by molar-refractivity contribution is 6.30. The summed E-state index contributed by atoms with van der Waals surface area (Å²) in [7, 11) is 0. The average molecular weight is 333 g/mol. The first-order chi connectivity index (χ1) is 11.8. The molecule has 0 bridgehead atoms. The molecule has 3 aromatic carbocycles. The van der Waals surface area contributed by atoms with Gasteiger partial charge in [0, 0.05) is 22.9 Å². The zero-order valence-corrected chi connectivity index (χ0v) is 13.4. The lowest BCUT2D eigenvalue weighted by Crippen LogP contribution is -1.79. The van der Waals surface area contributed by atoms with Crippen LogP contribution in [-0.2, 0) is 0 Å². The maximum Gasteiger partial charge on any atom is 0.227 e. The van der Waals surface area contributed by atoms with Crippen molar-refractivity contribution in [3.05, 3.63) is 83.4 Å². The van der Waals surface area contributed by atoms with E-state index >= 15 is 0 Å². The summed E-state index contributed by atoms with van der Waals surface area (Å²) >= 11 is 5.88.